The third-order valence-electron chi connectivity index (χ3n) is 1.82. The Kier molecular flexibility index (Phi) is 4.62. The lowest BCUT2D eigenvalue weighted by atomic mass is 10.3. The molecule has 0 bridgehead atoms. The smallest absolute Gasteiger partial charge is 0.123 e. The lowest BCUT2D eigenvalue weighted by Gasteiger charge is -2.04. The van der Waals surface area contributed by atoms with Crippen molar-refractivity contribution < 1.29 is 4.74 Å². The maximum atomic E-state index is 5.26. The van der Waals surface area contributed by atoms with E-state index in [1.54, 1.807) is 6.33 Å². The first-order chi connectivity index (χ1) is 6.72. The molecule has 0 amide bonds. The summed E-state index contributed by atoms with van der Waals surface area (Å²) in [4.78, 5) is 4.26. The van der Waals surface area contributed by atoms with Crippen molar-refractivity contribution in [2.24, 2.45) is 0 Å². The molecule has 0 atom stereocenters. The van der Waals surface area contributed by atoms with Gasteiger partial charge in [0.15, 0.2) is 0 Å². The van der Waals surface area contributed by atoms with E-state index >= 15 is 0 Å². The minimum atomic E-state index is 0.493. The normalized spacial score (nSPS) is 11.1. The first-order valence-electron chi connectivity index (χ1n) is 5.04. The van der Waals surface area contributed by atoms with Crippen molar-refractivity contribution in [2.45, 2.75) is 40.1 Å². The summed E-state index contributed by atoms with van der Waals surface area (Å²) in [5.74, 6) is 0. The first-order valence-corrected chi connectivity index (χ1v) is 5.04. The zero-order chi connectivity index (χ0) is 10.4. The standard InChI is InChI=1S/C10H19N3O/c1-4-14-8-13-6-10(12-7-13)5-11-9(2)3/h6-7,9,11H,4-5,8H2,1-3H3. The molecule has 80 valence electrons. The summed E-state index contributed by atoms with van der Waals surface area (Å²) < 4.78 is 7.21. The molecule has 1 heterocycles. The van der Waals surface area contributed by atoms with Crippen molar-refractivity contribution in [3.63, 3.8) is 0 Å². The van der Waals surface area contributed by atoms with Crippen LogP contribution in [0.1, 0.15) is 26.5 Å². The van der Waals surface area contributed by atoms with E-state index < -0.39 is 0 Å². The molecule has 4 heteroatoms. The lowest BCUT2D eigenvalue weighted by Crippen LogP contribution is -2.21. The Hall–Kier alpha value is -0.870. The van der Waals surface area contributed by atoms with Crippen LogP contribution in [0.5, 0.6) is 0 Å². The Labute approximate surface area is 85.3 Å². The van der Waals surface area contributed by atoms with Gasteiger partial charge in [-0.2, -0.15) is 0 Å². The molecule has 1 N–H and O–H groups in total. The van der Waals surface area contributed by atoms with Gasteiger partial charge in [-0.1, -0.05) is 13.8 Å². The van der Waals surface area contributed by atoms with E-state index in [1.165, 1.54) is 0 Å². The molecule has 1 aromatic heterocycles. The molecule has 0 spiro atoms. The SMILES string of the molecule is CCOCn1cnc(CNC(C)C)c1. The van der Waals surface area contributed by atoms with Crippen molar-refractivity contribution in [3.8, 4) is 0 Å². The van der Waals surface area contributed by atoms with Crippen LogP contribution in [0.2, 0.25) is 0 Å². The van der Waals surface area contributed by atoms with Gasteiger partial charge in [0.05, 0.1) is 12.0 Å². The summed E-state index contributed by atoms with van der Waals surface area (Å²) in [6.07, 6.45) is 3.80. The number of rotatable bonds is 6. The van der Waals surface area contributed by atoms with Crippen LogP contribution in [0.25, 0.3) is 0 Å². The third-order valence-corrected chi connectivity index (χ3v) is 1.82. The molecule has 1 rings (SSSR count). The molecule has 0 unspecified atom stereocenters. The van der Waals surface area contributed by atoms with Gasteiger partial charge < -0.3 is 14.6 Å². The highest BCUT2D eigenvalue weighted by Gasteiger charge is 1.99. The van der Waals surface area contributed by atoms with E-state index in [0.717, 1.165) is 18.8 Å². The molecule has 1 aromatic rings. The number of hydrogen-bond donors (Lipinski definition) is 1. The highest BCUT2D eigenvalue weighted by molar-refractivity contribution is 4.95. The van der Waals surface area contributed by atoms with Crippen molar-refractivity contribution in [1.29, 1.82) is 0 Å². The van der Waals surface area contributed by atoms with E-state index in [4.69, 9.17) is 4.74 Å². The summed E-state index contributed by atoms with van der Waals surface area (Å²) in [5.41, 5.74) is 1.05. The van der Waals surface area contributed by atoms with Crippen LogP contribution >= 0.6 is 0 Å². The van der Waals surface area contributed by atoms with Gasteiger partial charge >= 0.3 is 0 Å². The van der Waals surface area contributed by atoms with Crippen LogP contribution in [-0.4, -0.2) is 22.2 Å². The van der Waals surface area contributed by atoms with E-state index in [-0.39, 0.29) is 0 Å². The topological polar surface area (TPSA) is 39.1 Å². The molecule has 0 saturated heterocycles. The Morgan fingerprint density at radius 1 is 1.57 bits per heavy atom. The van der Waals surface area contributed by atoms with Crippen LogP contribution in [0.15, 0.2) is 12.5 Å². The fraction of sp³-hybridized carbons (Fsp3) is 0.700. The van der Waals surface area contributed by atoms with Gasteiger partial charge in [0.25, 0.3) is 0 Å². The maximum Gasteiger partial charge on any atom is 0.123 e. The highest BCUT2D eigenvalue weighted by Crippen LogP contribution is 1.97. The van der Waals surface area contributed by atoms with Crippen molar-refractivity contribution >= 4 is 0 Å². The van der Waals surface area contributed by atoms with E-state index in [0.29, 0.717) is 12.8 Å². The van der Waals surface area contributed by atoms with Gasteiger partial charge in [0.1, 0.15) is 6.73 Å². The number of nitrogens with one attached hydrogen (secondary N) is 1. The third kappa shape index (κ3) is 3.89. The van der Waals surface area contributed by atoms with Crippen LogP contribution in [0.4, 0.5) is 0 Å². The summed E-state index contributed by atoms with van der Waals surface area (Å²) in [7, 11) is 0. The van der Waals surface area contributed by atoms with Crippen LogP contribution < -0.4 is 5.32 Å². The van der Waals surface area contributed by atoms with E-state index in [1.807, 2.05) is 17.7 Å². The molecule has 0 aliphatic heterocycles. The average Bonchev–Trinajstić information content (AvgIpc) is 2.59. The Morgan fingerprint density at radius 2 is 2.36 bits per heavy atom. The number of nitrogens with zero attached hydrogens (tertiary/aromatic N) is 2. The largest absolute Gasteiger partial charge is 0.361 e. The maximum absolute atomic E-state index is 5.26. The second-order valence-electron chi connectivity index (χ2n) is 3.54. The molecule has 0 saturated carbocycles. The van der Waals surface area contributed by atoms with Crippen molar-refractivity contribution in [2.75, 3.05) is 6.61 Å². The first kappa shape index (κ1) is 11.2. The molecule has 14 heavy (non-hydrogen) atoms. The summed E-state index contributed by atoms with van der Waals surface area (Å²) in [6.45, 7) is 8.37. The second kappa shape index (κ2) is 5.78. The van der Waals surface area contributed by atoms with E-state index in [2.05, 4.69) is 24.1 Å². The minimum Gasteiger partial charge on any atom is -0.361 e. The van der Waals surface area contributed by atoms with Gasteiger partial charge in [0, 0.05) is 25.4 Å². The molecular formula is C10H19N3O. The molecule has 4 nitrogen and oxygen atoms in total. The highest BCUT2D eigenvalue weighted by atomic mass is 16.5. The number of hydrogen-bond acceptors (Lipinski definition) is 3. The monoisotopic (exact) mass is 197 g/mol. The Balaban J connectivity index is 2.35. The van der Waals surface area contributed by atoms with Crippen LogP contribution in [-0.2, 0) is 18.0 Å². The molecule has 0 radical (unpaired) electrons. The van der Waals surface area contributed by atoms with Gasteiger partial charge in [-0.15, -0.1) is 0 Å². The van der Waals surface area contributed by atoms with Gasteiger partial charge in [-0.05, 0) is 6.92 Å². The van der Waals surface area contributed by atoms with Gasteiger partial charge in [-0.3, -0.25) is 0 Å². The Morgan fingerprint density at radius 3 is 3.00 bits per heavy atom. The fourth-order valence-electron chi connectivity index (χ4n) is 1.07. The molecular weight excluding hydrogens is 178 g/mol. The lowest BCUT2D eigenvalue weighted by molar-refractivity contribution is 0.0877. The molecule has 0 fully saturated rings. The number of ether oxygens (including phenoxy) is 1. The predicted octanol–water partition coefficient (Wildman–Crippen LogP) is 1.38. The van der Waals surface area contributed by atoms with Crippen LogP contribution in [0, 0.1) is 0 Å². The summed E-state index contributed by atoms with van der Waals surface area (Å²) >= 11 is 0. The van der Waals surface area contributed by atoms with Crippen LogP contribution in [0.3, 0.4) is 0 Å². The van der Waals surface area contributed by atoms with Gasteiger partial charge in [-0.25, -0.2) is 4.98 Å². The van der Waals surface area contributed by atoms with Gasteiger partial charge in [0.2, 0.25) is 0 Å². The number of imidazole rings is 1. The second-order valence-corrected chi connectivity index (χ2v) is 3.54. The summed E-state index contributed by atoms with van der Waals surface area (Å²) in [6, 6.07) is 0.493. The Bertz CT molecular complexity index is 258. The quantitative estimate of drug-likeness (QED) is 0.748. The zero-order valence-corrected chi connectivity index (χ0v) is 9.16. The predicted molar refractivity (Wildman–Crippen MR) is 55.8 cm³/mol. The summed E-state index contributed by atoms with van der Waals surface area (Å²) in [5, 5.41) is 3.31. The number of aromatic nitrogens is 2. The molecule has 0 aliphatic rings. The average molecular weight is 197 g/mol. The van der Waals surface area contributed by atoms with Crippen molar-refractivity contribution in [1.82, 2.24) is 14.9 Å². The molecule has 0 aliphatic carbocycles. The minimum absolute atomic E-state index is 0.493. The van der Waals surface area contributed by atoms with Crippen molar-refractivity contribution in [3.05, 3.63) is 18.2 Å². The van der Waals surface area contributed by atoms with E-state index in [9.17, 15) is 0 Å². The fourth-order valence-corrected chi connectivity index (χ4v) is 1.07. The zero-order valence-electron chi connectivity index (χ0n) is 9.16. The molecule has 0 aromatic carbocycles.